The molecular formula is C17H22F2N4O3. The molecule has 0 radical (unpaired) electrons. The summed E-state index contributed by atoms with van der Waals surface area (Å²) >= 11 is 0. The van der Waals surface area contributed by atoms with E-state index < -0.39 is 17.7 Å². The second kappa shape index (κ2) is 8.31. The molecule has 0 unspecified atom stereocenters. The largest absolute Gasteiger partial charge is 0.378 e. The number of nitrogens with one attached hydrogen (secondary N) is 2. The van der Waals surface area contributed by atoms with Crippen molar-refractivity contribution in [3.05, 3.63) is 29.8 Å². The van der Waals surface area contributed by atoms with Crippen molar-refractivity contribution in [2.75, 3.05) is 44.7 Å². The highest BCUT2D eigenvalue weighted by Crippen LogP contribution is 2.16. The minimum absolute atomic E-state index is 0.000934. The van der Waals surface area contributed by atoms with E-state index in [9.17, 15) is 18.4 Å². The molecule has 2 saturated heterocycles. The number of urea groups is 2. The van der Waals surface area contributed by atoms with E-state index in [0.29, 0.717) is 52.2 Å². The fourth-order valence-electron chi connectivity index (χ4n) is 3.09. The van der Waals surface area contributed by atoms with Crippen LogP contribution in [-0.2, 0) is 4.74 Å². The number of ether oxygens (including phenoxy) is 1. The van der Waals surface area contributed by atoms with Gasteiger partial charge in [-0.2, -0.15) is 0 Å². The summed E-state index contributed by atoms with van der Waals surface area (Å²) in [6.07, 6.45) is 1.25. The van der Waals surface area contributed by atoms with Gasteiger partial charge in [0.15, 0.2) is 0 Å². The molecule has 0 bridgehead atoms. The van der Waals surface area contributed by atoms with Gasteiger partial charge >= 0.3 is 12.1 Å². The molecule has 0 atom stereocenters. The number of anilines is 1. The molecule has 2 aliphatic heterocycles. The van der Waals surface area contributed by atoms with Crippen molar-refractivity contribution in [3.8, 4) is 0 Å². The number of piperidine rings is 1. The second-order valence-electron chi connectivity index (χ2n) is 6.40. The van der Waals surface area contributed by atoms with Gasteiger partial charge in [-0.3, -0.25) is 0 Å². The molecule has 142 valence electrons. The van der Waals surface area contributed by atoms with E-state index in [2.05, 4.69) is 10.6 Å². The van der Waals surface area contributed by atoms with E-state index in [0.717, 1.165) is 18.2 Å². The summed E-state index contributed by atoms with van der Waals surface area (Å²) in [4.78, 5) is 27.7. The topological polar surface area (TPSA) is 73.9 Å². The molecule has 0 aliphatic carbocycles. The Kier molecular flexibility index (Phi) is 5.87. The van der Waals surface area contributed by atoms with E-state index >= 15 is 0 Å². The maximum atomic E-state index is 13.2. The van der Waals surface area contributed by atoms with Crippen LogP contribution < -0.4 is 10.6 Å². The minimum Gasteiger partial charge on any atom is -0.378 e. The first-order chi connectivity index (χ1) is 12.5. The standard InChI is InChI=1S/C17H22F2N4O3/c18-12-9-13(19)11-15(10-12)21-17(25)22-3-1-14(2-4-22)20-16(24)23-5-7-26-8-6-23/h9-11,14H,1-8H2,(H,20,24)(H,21,25). The van der Waals surface area contributed by atoms with Crippen LogP contribution in [0.2, 0.25) is 0 Å². The third-order valence-electron chi connectivity index (χ3n) is 4.52. The molecule has 2 fully saturated rings. The fraction of sp³-hybridized carbons (Fsp3) is 0.529. The van der Waals surface area contributed by atoms with Crippen LogP contribution in [0.3, 0.4) is 0 Å². The summed E-state index contributed by atoms with van der Waals surface area (Å²) in [6, 6.07) is 2.37. The van der Waals surface area contributed by atoms with Crippen LogP contribution in [0.25, 0.3) is 0 Å². The van der Waals surface area contributed by atoms with Gasteiger partial charge in [-0.25, -0.2) is 18.4 Å². The average Bonchev–Trinajstić information content (AvgIpc) is 2.62. The SMILES string of the molecule is O=C(Nc1cc(F)cc(F)c1)N1CCC(NC(=O)N2CCOCC2)CC1. The summed E-state index contributed by atoms with van der Waals surface area (Å²) in [5.41, 5.74) is 0.0789. The summed E-state index contributed by atoms with van der Waals surface area (Å²) in [7, 11) is 0. The minimum atomic E-state index is -0.746. The van der Waals surface area contributed by atoms with Gasteiger partial charge in [-0.05, 0) is 25.0 Å². The Hall–Kier alpha value is -2.42. The summed E-state index contributed by atoms with van der Waals surface area (Å²) in [5.74, 6) is -1.49. The molecule has 26 heavy (non-hydrogen) atoms. The van der Waals surface area contributed by atoms with Crippen molar-refractivity contribution in [2.45, 2.75) is 18.9 Å². The highest BCUT2D eigenvalue weighted by atomic mass is 19.1. The van der Waals surface area contributed by atoms with E-state index in [4.69, 9.17) is 4.74 Å². The van der Waals surface area contributed by atoms with Crippen molar-refractivity contribution in [1.29, 1.82) is 0 Å². The summed E-state index contributed by atoms with van der Waals surface area (Å²) in [5, 5.41) is 5.48. The van der Waals surface area contributed by atoms with Gasteiger partial charge in [0.25, 0.3) is 0 Å². The highest BCUT2D eigenvalue weighted by Gasteiger charge is 2.26. The Morgan fingerprint density at radius 1 is 0.923 bits per heavy atom. The third kappa shape index (κ3) is 4.81. The Labute approximate surface area is 150 Å². The Morgan fingerprint density at radius 3 is 2.12 bits per heavy atom. The molecule has 2 heterocycles. The van der Waals surface area contributed by atoms with E-state index in [1.54, 1.807) is 9.80 Å². The summed E-state index contributed by atoms with van der Waals surface area (Å²) < 4.78 is 31.6. The number of amides is 4. The quantitative estimate of drug-likeness (QED) is 0.839. The van der Waals surface area contributed by atoms with Crippen LogP contribution in [0.1, 0.15) is 12.8 Å². The van der Waals surface area contributed by atoms with Gasteiger partial charge in [0.05, 0.1) is 13.2 Å². The lowest BCUT2D eigenvalue weighted by Gasteiger charge is -2.34. The lowest BCUT2D eigenvalue weighted by molar-refractivity contribution is 0.0519. The molecule has 2 aliphatic rings. The normalized spacial score (nSPS) is 18.5. The van der Waals surface area contributed by atoms with Crippen molar-refractivity contribution < 1.29 is 23.1 Å². The van der Waals surface area contributed by atoms with Gasteiger partial charge in [0, 0.05) is 44.0 Å². The van der Waals surface area contributed by atoms with Gasteiger partial charge in [0.1, 0.15) is 11.6 Å². The zero-order valence-electron chi connectivity index (χ0n) is 14.3. The molecule has 9 heteroatoms. The average molecular weight is 368 g/mol. The van der Waals surface area contributed by atoms with Crippen molar-refractivity contribution >= 4 is 17.7 Å². The number of morpholine rings is 1. The first kappa shape index (κ1) is 18.4. The number of hydrogen-bond acceptors (Lipinski definition) is 3. The molecule has 0 aromatic heterocycles. The Bertz CT molecular complexity index is 639. The number of halogens is 2. The number of rotatable bonds is 2. The van der Waals surface area contributed by atoms with Crippen LogP contribution in [0, 0.1) is 11.6 Å². The number of carbonyl (C=O) groups is 2. The Morgan fingerprint density at radius 2 is 1.50 bits per heavy atom. The van der Waals surface area contributed by atoms with E-state index in [1.165, 1.54) is 0 Å². The van der Waals surface area contributed by atoms with E-state index in [-0.39, 0.29) is 17.8 Å². The third-order valence-corrected chi connectivity index (χ3v) is 4.52. The van der Waals surface area contributed by atoms with Crippen molar-refractivity contribution in [1.82, 2.24) is 15.1 Å². The van der Waals surface area contributed by atoms with Crippen LogP contribution in [0.4, 0.5) is 24.1 Å². The van der Waals surface area contributed by atoms with Crippen LogP contribution >= 0.6 is 0 Å². The zero-order chi connectivity index (χ0) is 18.5. The number of carbonyl (C=O) groups excluding carboxylic acids is 2. The molecule has 1 aromatic rings. The molecule has 2 N–H and O–H groups in total. The number of hydrogen-bond donors (Lipinski definition) is 2. The molecule has 0 spiro atoms. The predicted molar refractivity (Wildman–Crippen MR) is 90.9 cm³/mol. The lowest BCUT2D eigenvalue weighted by atomic mass is 10.1. The predicted octanol–water partition coefficient (Wildman–Crippen LogP) is 2.00. The van der Waals surface area contributed by atoms with Crippen molar-refractivity contribution in [3.63, 3.8) is 0 Å². The zero-order valence-corrected chi connectivity index (χ0v) is 14.3. The number of nitrogens with zero attached hydrogens (tertiary/aromatic N) is 2. The molecule has 7 nitrogen and oxygen atoms in total. The lowest BCUT2D eigenvalue weighted by Crippen LogP contribution is -2.52. The van der Waals surface area contributed by atoms with Crippen LogP contribution in [0.15, 0.2) is 18.2 Å². The monoisotopic (exact) mass is 368 g/mol. The van der Waals surface area contributed by atoms with Gasteiger partial charge in [-0.1, -0.05) is 0 Å². The first-order valence-electron chi connectivity index (χ1n) is 8.66. The van der Waals surface area contributed by atoms with E-state index in [1.807, 2.05) is 0 Å². The Balaban J connectivity index is 1.45. The second-order valence-corrected chi connectivity index (χ2v) is 6.40. The maximum absolute atomic E-state index is 13.2. The highest BCUT2D eigenvalue weighted by molar-refractivity contribution is 5.89. The smallest absolute Gasteiger partial charge is 0.321 e. The first-order valence-corrected chi connectivity index (χ1v) is 8.66. The van der Waals surface area contributed by atoms with Gasteiger partial charge in [0.2, 0.25) is 0 Å². The van der Waals surface area contributed by atoms with Crippen LogP contribution in [0.5, 0.6) is 0 Å². The van der Waals surface area contributed by atoms with Gasteiger partial charge in [-0.15, -0.1) is 0 Å². The van der Waals surface area contributed by atoms with Crippen molar-refractivity contribution in [2.24, 2.45) is 0 Å². The molecular weight excluding hydrogens is 346 g/mol. The maximum Gasteiger partial charge on any atom is 0.321 e. The molecule has 3 rings (SSSR count). The number of benzene rings is 1. The fourth-order valence-corrected chi connectivity index (χ4v) is 3.09. The molecule has 1 aromatic carbocycles. The molecule has 4 amide bonds. The van der Waals surface area contributed by atoms with Gasteiger partial charge < -0.3 is 25.2 Å². The molecule has 0 saturated carbocycles. The number of likely N-dealkylation sites (tertiary alicyclic amines) is 1. The summed E-state index contributed by atoms with van der Waals surface area (Å²) in [6.45, 7) is 3.17. The van der Waals surface area contributed by atoms with Crippen LogP contribution in [-0.4, -0.2) is 67.3 Å².